The normalized spacial score (nSPS) is 11.6. The zero-order chi connectivity index (χ0) is 16.4. The number of para-hydroxylation sites is 1. The van der Waals surface area contributed by atoms with Crippen molar-refractivity contribution in [1.82, 2.24) is 4.98 Å². The average molecular weight is 308 g/mol. The highest BCUT2D eigenvalue weighted by Crippen LogP contribution is 2.27. The molecule has 0 fully saturated rings. The fourth-order valence-electron chi connectivity index (χ4n) is 2.36. The van der Waals surface area contributed by atoms with E-state index in [-0.39, 0.29) is 11.5 Å². The van der Waals surface area contributed by atoms with E-state index in [1.54, 1.807) is 36.4 Å². The van der Waals surface area contributed by atoms with Crippen molar-refractivity contribution in [2.24, 2.45) is 0 Å². The van der Waals surface area contributed by atoms with Crippen molar-refractivity contribution in [2.75, 3.05) is 0 Å². The van der Waals surface area contributed by atoms with Gasteiger partial charge in [0.25, 0.3) is 5.69 Å². The molecule has 1 heterocycles. The van der Waals surface area contributed by atoms with Gasteiger partial charge in [-0.15, -0.1) is 0 Å². The number of rotatable bonds is 4. The summed E-state index contributed by atoms with van der Waals surface area (Å²) in [6.07, 6.45) is 2.94. The maximum Gasteiger partial charge on any atom is 0.270 e. The predicted octanol–water partition coefficient (Wildman–Crippen LogP) is 3.87. The van der Waals surface area contributed by atoms with Crippen LogP contribution in [0.15, 0.2) is 53.3 Å². The van der Waals surface area contributed by atoms with Gasteiger partial charge in [-0.25, -0.2) is 4.98 Å². The summed E-state index contributed by atoms with van der Waals surface area (Å²) in [5, 5.41) is 10.9. The number of nitro groups is 1. The minimum atomic E-state index is -0.470. The summed E-state index contributed by atoms with van der Waals surface area (Å²) in [5.74, 6) is -0.166. The fourth-order valence-corrected chi connectivity index (χ4v) is 2.36. The molecule has 23 heavy (non-hydrogen) atoms. The summed E-state index contributed by atoms with van der Waals surface area (Å²) >= 11 is 0. The van der Waals surface area contributed by atoms with Crippen molar-refractivity contribution in [3.8, 4) is 0 Å². The number of oxazole rings is 1. The number of nitrogens with zero attached hydrogens (tertiary/aromatic N) is 2. The standard InChI is InChI=1S/C17H12N2O4/c1-11(20)15(9-12-4-2-5-13(8-12)19(21)22)14-6-3-7-16-17(14)23-10-18-16/h2-10H,1H3. The minimum absolute atomic E-state index is 0.0282. The van der Waals surface area contributed by atoms with E-state index in [9.17, 15) is 14.9 Å². The Balaban J connectivity index is 2.16. The number of carbonyl (C=O) groups excluding carboxylic acids is 1. The molecule has 0 radical (unpaired) electrons. The molecule has 0 unspecified atom stereocenters. The van der Waals surface area contributed by atoms with E-state index in [0.29, 0.717) is 27.8 Å². The van der Waals surface area contributed by atoms with Gasteiger partial charge in [-0.3, -0.25) is 14.9 Å². The lowest BCUT2D eigenvalue weighted by Crippen LogP contribution is -1.97. The molecule has 0 aliphatic rings. The van der Waals surface area contributed by atoms with Crippen LogP contribution < -0.4 is 0 Å². The Morgan fingerprint density at radius 1 is 1.26 bits per heavy atom. The Hall–Kier alpha value is -3.28. The Labute approximate surface area is 131 Å². The van der Waals surface area contributed by atoms with Crippen LogP contribution in [0.2, 0.25) is 0 Å². The molecule has 0 aliphatic carbocycles. The molecule has 6 heteroatoms. The number of allylic oxidation sites excluding steroid dienone is 1. The van der Waals surface area contributed by atoms with E-state index in [1.165, 1.54) is 25.5 Å². The number of carbonyl (C=O) groups is 1. The monoisotopic (exact) mass is 308 g/mol. The van der Waals surface area contributed by atoms with Gasteiger partial charge in [-0.1, -0.05) is 24.3 Å². The molecule has 6 nitrogen and oxygen atoms in total. The third-order valence-electron chi connectivity index (χ3n) is 3.42. The Kier molecular flexibility index (Phi) is 3.72. The van der Waals surface area contributed by atoms with Crippen LogP contribution in [-0.4, -0.2) is 15.7 Å². The van der Waals surface area contributed by atoms with Gasteiger partial charge in [0.2, 0.25) is 0 Å². The van der Waals surface area contributed by atoms with Gasteiger partial charge < -0.3 is 4.42 Å². The molecule has 0 bridgehead atoms. The van der Waals surface area contributed by atoms with Crippen LogP contribution >= 0.6 is 0 Å². The van der Waals surface area contributed by atoms with Gasteiger partial charge in [0, 0.05) is 23.3 Å². The van der Waals surface area contributed by atoms with Crippen LogP contribution in [0.4, 0.5) is 5.69 Å². The van der Waals surface area contributed by atoms with Crippen molar-refractivity contribution >= 4 is 34.2 Å². The molecule has 0 amide bonds. The number of aromatic nitrogens is 1. The maximum atomic E-state index is 12.1. The van der Waals surface area contributed by atoms with Crippen molar-refractivity contribution in [3.63, 3.8) is 0 Å². The van der Waals surface area contributed by atoms with E-state index < -0.39 is 4.92 Å². The molecule has 0 spiro atoms. The number of fused-ring (bicyclic) bond motifs is 1. The van der Waals surface area contributed by atoms with Crippen LogP contribution in [0, 0.1) is 10.1 Å². The van der Waals surface area contributed by atoms with Gasteiger partial charge in [0.05, 0.1) is 4.92 Å². The van der Waals surface area contributed by atoms with Gasteiger partial charge >= 0.3 is 0 Å². The largest absolute Gasteiger partial charge is 0.443 e. The number of nitro benzene ring substituents is 1. The van der Waals surface area contributed by atoms with Crippen LogP contribution in [0.3, 0.4) is 0 Å². The van der Waals surface area contributed by atoms with Gasteiger partial charge in [0.15, 0.2) is 17.8 Å². The number of hydrogen-bond donors (Lipinski definition) is 0. The summed E-state index contributed by atoms with van der Waals surface area (Å²) in [6.45, 7) is 1.44. The molecule has 0 N–H and O–H groups in total. The molecule has 0 saturated heterocycles. The average Bonchev–Trinajstić information content (AvgIpc) is 3.01. The lowest BCUT2D eigenvalue weighted by molar-refractivity contribution is -0.384. The number of ketones is 1. The second kappa shape index (κ2) is 5.84. The predicted molar refractivity (Wildman–Crippen MR) is 85.7 cm³/mol. The quantitative estimate of drug-likeness (QED) is 0.316. The third kappa shape index (κ3) is 2.87. The molecule has 114 valence electrons. The van der Waals surface area contributed by atoms with E-state index in [1.807, 2.05) is 0 Å². The highest BCUT2D eigenvalue weighted by molar-refractivity contribution is 6.26. The van der Waals surface area contributed by atoms with Crippen LogP contribution in [0.5, 0.6) is 0 Å². The summed E-state index contributed by atoms with van der Waals surface area (Å²) < 4.78 is 5.37. The van der Waals surface area contributed by atoms with Crippen LogP contribution in [-0.2, 0) is 4.79 Å². The topological polar surface area (TPSA) is 86.2 Å². The second-order valence-electron chi connectivity index (χ2n) is 4.97. The SMILES string of the molecule is CC(=O)C(=Cc1cccc([N+](=O)[O-])c1)c1cccc2ncoc12. The first kappa shape index (κ1) is 14.6. The first-order valence-corrected chi connectivity index (χ1v) is 6.86. The van der Waals surface area contributed by atoms with Gasteiger partial charge in [-0.05, 0) is 24.6 Å². The van der Waals surface area contributed by atoms with Crippen molar-refractivity contribution < 1.29 is 14.1 Å². The summed E-state index contributed by atoms with van der Waals surface area (Å²) in [7, 11) is 0. The number of hydrogen-bond acceptors (Lipinski definition) is 5. The second-order valence-corrected chi connectivity index (χ2v) is 4.97. The number of benzene rings is 2. The van der Waals surface area contributed by atoms with Crippen LogP contribution in [0.25, 0.3) is 22.7 Å². The molecule has 0 saturated carbocycles. The van der Waals surface area contributed by atoms with Gasteiger partial charge in [-0.2, -0.15) is 0 Å². The smallest absolute Gasteiger partial charge is 0.270 e. The van der Waals surface area contributed by atoms with E-state index >= 15 is 0 Å². The lowest BCUT2D eigenvalue weighted by Gasteiger charge is -2.05. The maximum absolute atomic E-state index is 12.1. The Bertz CT molecular complexity index is 940. The van der Waals surface area contributed by atoms with Crippen LogP contribution in [0.1, 0.15) is 18.1 Å². The summed E-state index contributed by atoms with van der Waals surface area (Å²) in [5.41, 5.74) is 2.72. The van der Waals surface area contributed by atoms with Gasteiger partial charge in [0.1, 0.15) is 5.52 Å². The molecule has 1 aromatic heterocycles. The first-order chi connectivity index (χ1) is 11.1. The van der Waals surface area contributed by atoms with E-state index in [2.05, 4.69) is 4.98 Å². The third-order valence-corrected chi connectivity index (χ3v) is 3.42. The molecule has 3 aromatic rings. The van der Waals surface area contributed by atoms with Crippen molar-refractivity contribution in [2.45, 2.75) is 6.92 Å². The number of Topliss-reactive ketones (excluding diaryl/α,β-unsaturated/α-hetero) is 1. The zero-order valence-corrected chi connectivity index (χ0v) is 12.2. The highest BCUT2D eigenvalue weighted by atomic mass is 16.6. The lowest BCUT2D eigenvalue weighted by atomic mass is 9.98. The molecule has 2 aromatic carbocycles. The van der Waals surface area contributed by atoms with E-state index in [4.69, 9.17) is 4.42 Å². The van der Waals surface area contributed by atoms with E-state index in [0.717, 1.165) is 0 Å². The summed E-state index contributed by atoms with van der Waals surface area (Å²) in [4.78, 5) is 26.5. The van der Waals surface area contributed by atoms with Crippen molar-refractivity contribution in [1.29, 1.82) is 0 Å². The molecular formula is C17H12N2O4. The number of non-ortho nitro benzene ring substituents is 1. The Morgan fingerprint density at radius 2 is 2.04 bits per heavy atom. The molecular weight excluding hydrogens is 296 g/mol. The molecule has 0 aliphatic heterocycles. The summed E-state index contributed by atoms with van der Waals surface area (Å²) in [6, 6.07) is 11.4. The zero-order valence-electron chi connectivity index (χ0n) is 12.2. The fraction of sp³-hybridized carbons (Fsp3) is 0.0588. The highest BCUT2D eigenvalue weighted by Gasteiger charge is 2.14. The Morgan fingerprint density at radius 3 is 2.78 bits per heavy atom. The van der Waals surface area contributed by atoms with Crippen molar-refractivity contribution in [3.05, 3.63) is 70.1 Å². The molecule has 0 atom stereocenters. The molecule has 3 rings (SSSR count). The first-order valence-electron chi connectivity index (χ1n) is 6.86. The minimum Gasteiger partial charge on any atom is -0.443 e.